The van der Waals surface area contributed by atoms with Crippen molar-refractivity contribution in [2.45, 2.75) is 25.2 Å². The molecule has 0 aromatic heterocycles. The molecule has 0 radical (unpaired) electrons. The molecule has 1 aliphatic rings. The van der Waals surface area contributed by atoms with Gasteiger partial charge in [-0.1, -0.05) is 46.6 Å². The van der Waals surface area contributed by atoms with Gasteiger partial charge in [-0.25, -0.2) is 0 Å². The second kappa shape index (κ2) is 5.41. The van der Waals surface area contributed by atoms with Gasteiger partial charge in [-0.2, -0.15) is 0 Å². The molecule has 0 bridgehead atoms. The number of nitrogen functional groups attached to an aromatic ring is 1. The van der Waals surface area contributed by atoms with Crippen LogP contribution in [0.2, 0.25) is 0 Å². The highest BCUT2D eigenvalue weighted by Gasteiger charge is 2.20. The average molecular weight is 330 g/mol. The summed E-state index contributed by atoms with van der Waals surface area (Å²) in [6.07, 6.45) is 3.86. The SMILES string of the molecule is Nc1cc(Br)ccc1C(=O)c1ccc(C2CCC2)cc1. The van der Waals surface area contributed by atoms with Crippen LogP contribution in [-0.2, 0) is 0 Å². The third-order valence-corrected chi connectivity index (χ3v) is 4.50. The molecule has 1 fully saturated rings. The van der Waals surface area contributed by atoms with Crippen LogP contribution >= 0.6 is 15.9 Å². The molecule has 0 heterocycles. The van der Waals surface area contributed by atoms with E-state index >= 15 is 0 Å². The lowest BCUT2D eigenvalue weighted by atomic mass is 9.80. The fourth-order valence-electron chi connectivity index (χ4n) is 2.54. The molecule has 3 rings (SSSR count). The highest BCUT2D eigenvalue weighted by Crippen LogP contribution is 2.36. The van der Waals surface area contributed by atoms with Crippen molar-refractivity contribution in [3.05, 3.63) is 63.6 Å². The number of rotatable bonds is 3. The van der Waals surface area contributed by atoms with Gasteiger partial charge in [0, 0.05) is 21.3 Å². The van der Waals surface area contributed by atoms with Crippen LogP contribution < -0.4 is 5.73 Å². The van der Waals surface area contributed by atoms with Crippen molar-refractivity contribution in [1.82, 2.24) is 0 Å². The number of anilines is 1. The number of nitrogens with two attached hydrogens (primary N) is 1. The molecule has 0 atom stereocenters. The van der Waals surface area contributed by atoms with Crippen LogP contribution in [-0.4, -0.2) is 5.78 Å². The molecular weight excluding hydrogens is 314 g/mol. The lowest BCUT2D eigenvalue weighted by molar-refractivity contribution is 0.103. The number of hydrogen-bond acceptors (Lipinski definition) is 2. The normalized spacial score (nSPS) is 14.8. The largest absolute Gasteiger partial charge is 0.398 e. The van der Waals surface area contributed by atoms with Crippen molar-refractivity contribution in [3.8, 4) is 0 Å². The standard InChI is InChI=1S/C17H16BrNO/c18-14-8-9-15(16(19)10-14)17(20)13-6-4-12(5-7-13)11-2-1-3-11/h4-11H,1-3,19H2. The van der Waals surface area contributed by atoms with Gasteiger partial charge in [0.2, 0.25) is 0 Å². The molecule has 0 unspecified atom stereocenters. The van der Waals surface area contributed by atoms with Crippen molar-refractivity contribution >= 4 is 27.4 Å². The molecule has 2 aromatic rings. The monoisotopic (exact) mass is 329 g/mol. The van der Waals surface area contributed by atoms with Gasteiger partial charge in [-0.3, -0.25) is 4.79 Å². The van der Waals surface area contributed by atoms with E-state index in [2.05, 4.69) is 28.1 Å². The number of carbonyl (C=O) groups excluding carboxylic acids is 1. The number of carbonyl (C=O) groups is 1. The Morgan fingerprint density at radius 1 is 1.10 bits per heavy atom. The molecule has 2 N–H and O–H groups in total. The summed E-state index contributed by atoms with van der Waals surface area (Å²) in [5.74, 6) is 0.673. The number of halogens is 1. The summed E-state index contributed by atoms with van der Waals surface area (Å²) in [5.41, 5.74) is 9.02. The zero-order chi connectivity index (χ0) is 14.1. The van der Waals surface area contributed by atoms with Crippen molar-refractivity contribution in [1.29, 1.82) is 0 Å². The maximum atomic E-state index is 12.4. The Morgan fingerprint density at radius 2 is 1.80 bits per heavy atom. The third kappa shape index (κ3) is 2.50. The highest BCUT2D eigenvalue weighted by molar-refractivity contribution is 9.10. The Labute approximate surface area is 127 Å². The second-order valence-corrected chi connectivity index (χ2v) is 6.23. The maximum Gasteiger partial charge on any atom is 0.195 e. The fraction of sp³-hybridized carbons (Fsp3) is 0.235. The van der Waals surface area contributed by atoms with Gasteiger partial charge in [0.15, 0.2) is 5.78 Å². The van der Waals surface area contributed by atoms with Gasteiger partial charge in [0.05, 0.1) is 0 Å². The topological polar surface area (TPSA) is 43.1 Å². The predicted molar refractivity (Wildman–Crippen MR) is 85.0 cm³/mol. The van der Waals surface area contributed by atoms with Crippen LogP contribution in [0.5, 0.6) is 0 Å². The van der Waals surface area contributed by atoms with Gasteiger partial charge in [0.1, 0.15) is 0 Å². The van der Waals surface area contributed by atoms with Gasteiger partial charge in [-0.15, -0.1) is 0 Å². The first-order valence-corrected chi connectivity index (χ1v) is 7.64. The Balaban J connectivity index is 1.86. The average Bonchev–Trinajstić information content (AvgIpc) is 2.37. The van der Waals surface area contributed by atoms with Crippen molar-refractivity contribution < 1.29 is 4.79 Å². The van der Waals surface area contributed by atoms with E-state index < -0.39 is 0 Å². The minimum absolute atomic E-state index is 0.0184. The summed E-state index contributed by atoms with van der Waals surface area (Å²) in [4.78, 5) is 12.4. The Bertz CT molecular complexity index is 645. The van der Waals surface area contributed by atoms with E-state index in [4.69, 9.17) is 5.73 Å². The van der Waals surface area contributed by atoms with E-state index in [0.717, 1.165) is 4.47 Å². The minimum Gasteiger partial charge on any atom is -0.398 e. The van der Waals surface area contributed by atoms with Gasteiger partial charge < -0.3 is 5.73 Å². The van der Waals surface area contributed by atoms with Crippen molar-refractivity contribution in [3.63, 3.8) is 0 Å². The summed E-state index contributed by atoms with van der Waals surface area (Å²) >= 11 is 3.35. The van der Waals surface area contributed by atoms with Crippen LogP contribution in [0.25, 0.3) is 0 Å². The van der Waals surface area contributed by atoms with E-state index in [1.165, 1.54) is 24.8 Å². The van der Waals surface area contributed by atoms with Gasteiger partial charge in [0.25, 0.3) is 0 Å². The number of benzene rings is 2. The molecule has 20 heavy (non-hydrogen) atoms. The molecule has 2 aromatic carbocycles. The van der Waals surface area contributed by atoms with E-state index in [-0.39, 0.29) is 5.78 Å². The molecule has 2 nitrogen and oxygen atoms in total. The summed E-state index contributed by atoms with van der Waals surface area (Å²) in [6, 6.07) is 13.3. The first-order valence-electron chi connectivity index (χ1n) is 6.85. The van der Waals surface area contributed by atoms with E-state index in [1.807, 2.05) is 18.2 Å². The maximum absolute atomic E-state index is 12.4. The number of hydrogen-bond donors (Lipinski definition) is 1. The Hall–Kier alpha value is -1.61. The first kappa shape index (κ1) is 13.4. The zero-order valence-electron chi connectivity index (χ0n) is 11.1. The number of ketones is 1. The lowest BCUT2D eigenvalue weighted by Crippen LogP contribution is -2.09. The van der Waals surface area contributed by atoms with Crippen LogP contribution in [0.4, 0.5) is 5.69 Å². The third-order valence-electron chi connectivity index (χ3n) is 4.01. The Morgan fingerprint density at radius 3 is 2.35 bits per heavy atom. The van der Waals surface area contributed by atoms with Crippen LogP contribution in [0.1, 0.15) is 46.7 Å². The molecular formula is C17H16BrNO. The van der Waals surface area contributed by atoms with Crippen molar-refractivity contribution in [2.24, 2.45) is 0 Å². The van der Waals surface area contributed by atoms with E-state index in [9.17, 15) is 4.79 Å². The highest BCUT2D eigenvalue weighted by atomic mass is 79.9. The summed E-state index contributed by atoms with van der Waals surface area (Å²) in [7, 11) is 0. The second-order valence-electron chi connectivity index (χ2n) is 5.31. The zero-order valence-corrected chi connectivity index (χ0v) is 12.7. The minimum atomic E-state index is -0.0184. The molecule has 3 heteroatoms. The molecule has 0 spiro atoms. The van der Waals surface area contributed by atoms with E-state index in [0.29, 0.717) is 22.7 Å². The molecule has 0 saturated heterocycles. The first-order chi connectivity index (χ1) is 9.65. The van der Waals surface area contributed by atoms with Gasteiger partial charge >= 0.3 is 0 Å². The quantitative estimate of drug-likeness (QED) is 0.664. The summed E-state index contributed by atoms with van der Waals surface area (Å²) in [5, 5.41) is 0. The lowest BCUT2D eigenvalue weighted by Gasteiger charge is -2.25. The molecule has 1 aliphatic carbocycles. The van der Waals surface area contributed by atoms with Gasteiger partial charge in [-0.05, 0) is 42.5 Å². The summed E-state index contributed by atoms with van der Waals surface area (Å²) in [6.45, 7) is 0. The molecule has 102 valence electrons. The molecule has 0 amide bonds. The van der Waals surface area contributed by atoms with Crippen LogP contribution in [0.15, 0.2) is 46.9 Å². The smallest absolute Gasteiger partial charge is 0.195 e. The molecule has 1 saturated carbocycles. The summed E-state index contributed by atoms with van der Waals surface area (Å²) < 4.78 is 0.881. The fourth-order valence-corrected chi connectivity index (χ4v) is 2.92. The molecule has 0 aliphatic heterocycles. The van der Waals surface area contributed by atoms with E-state index in [1.54, 1.807) is 12.1 Å². The van der Waals surface area contributed by atoms with Crippen LogP contribution in [0, 0.1) is 0 Å². The predicted octanol–water partition coefficient (Wildman–Crippen LogP) is 4.53. The van der Waals surface area contributed by atoms with Crippen molar-refractivity contribution in [2.75, 3.05) is 5.73 Å². The Kier molecular flexibility index (Phi) is 3.62. The van der Waals surface area contributed by atoms with Crippen LogP contribution in [0.3, 0.4) is 0 Å².